The first-order chi connectivity index (χ1) is 15.7. The Bertz CT molecular complexity index is 1120. The minimum absolute atomic E-state index is 0.0596. The smallest absolute Gasteiger partial charge is 0.179 e. The summed E-state index contributed by atoms with van der Waals surface area (Å²) in [5.41, 5.74) is 5.38. The summed E-state index contributed by atoms with van der Waals surface area (Å²) in [7, 11) is 0. The Kier molecular flexibility index (Phi) is 7.84. The number of benzene rings is 3. The SMILES string of the molecule is Cc1cc(C)c([S+]([O-])NC2CCN(c3ccc(Cl)cc3Cl)C(c3ccc(Cl)cc3)C2)c(C)c1. The molecular formula is C26H27Cl3N2OS. The second-order valence-electron chi connectivity index (χ2n) is 8.69. The Morgan fingerprint density at radius 3 is 2.18 bits per heavy atom. The fourth-order valence-corrected chi connectivity index (χ4v) is 6.73. The van der Waals surface area contributed by atoms with Gasteiger partial charge in [0, 0.05) is 27.7 Å². The van der Waals surface area contributed by atoms with Crippen LogP contribution in [0, 0.1) is 20.8 Å². The van der Waals surface area contributed by atoms with E-state index in [1.165, 1.54) is 5.56 Å². The highest BCUT2D eigenvalue weighted by atomic mass is 35.5. The average Bonchev–Trinajstić information content (AvgIpc) is 2.74. The first-order valence-corrected chi connectivity index (χ1v) is 13.2. The maximum absolute atomic E-state index is 13.3. The van der Waals surface area contributed by atoms with Crippen molar-refractivity contribution in [3.63, 3.8) is 0 Å². The summed E-state index contributed by atoms with van der Waals surface area (Å²) in [5, 5.41) is 1.94. The number of anilines is 1. The molecule has 33 heavy (non-hydrogen) atoms. The second kappa shape index (κ2) is 10.5. The molecule has 0 bridgehead atoms. The molecule has 0 aromatic heterocycles. The Labute approximate surface area is 214 Å². The number of aryl methyl sites for hydroxylation is 3. The highest BCUT2D eigenvalue weighted by Gasteiger charge is 2.34. The molecule has 0 amide bonds. The van der Waals surface area contributed by atoms with Crippen LogP contribution in [0.25, 0.3) is 0 Å². The molecule has 7 heteroatoms. The van der Waals surface area contributed by atoms with E-state index in [1.807, 2.05) is 38.1 Å². The first kappa shape index (κ1) is 24.7. The lowest BCUT2D eigenvalue weighted by Crippen LogP contribution is -2.46. The van der Waals surface area contributed by atoms with E-state index < -0.39 is 11.4 Å². The maximum atomic E-state index is 13.3. The molecule has 3 aromatic rings. The van der Waals surface area contributed by atoms with E-state index in [-0.39, 0.29) is 12.1 Å². The van der Waals surface area contributed by atoms with Crippen molar-refractivity contribution >= 4 is 51.9 Å². The van der Waals surface area contributed by atoms with Crippen LogP contribution in [-0.2, 0) is 11.4 Å². The van der Waals surface area contributed by atoms with E-state index in [0.29, 0.717) is 15.1 Å². The normalized spacial score (nSPS) is 19.5. The Balaban J connectivity index is 1.60. The van der Waals surface area contributed by atoms with Gasteiger partial charge in [0.25, 0.3) is 0 Å². The zero-order valence-corrected chi connectivity index (χ0v) is 22.0. The lowest BCUT2D eigenvalue weighted by Gasteiger charge is -2.41. The molecule has 3 atom stereocenters. The number of nitrogens with zero attached hydrogens (tertiary/aromatic N) is 1. The second-order valence-corrected chi connectivity index (χ2v) is 11.2. The van der Waals surface area contributed by atoms with E-state index in [4.69, 9.17) is 34.8 Å². The predicted molar refractivity (Wildman–Crippen MR) is 141 cm³/mol. The van der Waals surface area contributed by atoms with E-state index >= 15 is 0 Å². The van der Waals surface area contributed by atoms with E-state index in [0.717, 1.165) is 46.7 Å². The molecule has 0 saturated carbocycles. The molecule has 3 aromatic carbocycles. The highest BCUT2D eigenvalue weighted by molar-refractivity contribution is 7.89. The van der Waals surface area contributed by atoms with Crippen molar-refractivity contribution in [2.24, 2.45) is 0 Å². The molecule has 1 fully saturated rings. The fraction of sp³-hybridized carbons (Fsp3) is 0.308. The van der Waals surface area contributed by atoms with Crippen molar-refractivity contribution in [1.82, 2.24) is 4.72 Å². The Morgan fingerprint density at radius 1 is 0.909 bits per heavy atom. The van der Waals surface area contributed by atoms with Crippen LogP contribution in [0.4, 0.5) is 5.69 Å². The molecular weight excluding hydrogens is 495 g/mol. The molecule has 1 aliphatic rings. The van der Waals surface area contributed by atoms with Crippen molar-refractivity contribution < 1.29 is 4.55 Å². The van der Waals surface area contributed by atoms with Gasteiger partial charge in [0.1, 0.15) is 0 Å². The number of rotatable bonds is 5. The van der Waals surface area contributed by atoms with E-state index in [1.54, 1.807) is 6.07 Å². The highest BCUT2D eigenvalue weighted by Crippen LogP contribution is 2.40. The van der Waals surface area contributed by atoms with Gasteiger partial charge >= 0.3 is 0 Å². The molecule has 0 spiro atoms. The van der Waals surface area contributed by atoms with Gasteiger partial charge in [-0.25, -0.2) is 0 Å². The van der Waals surface area contributed by atoms with E-state index in [9.17, 15) is 4.55 Å². The third-order valence-electron chi connectivity index (χ3n) is 6.14. The van der Waals surface area contributed by atoms with Crippen LogP contribution < -0.4 is 9.62 Å². The minimum atomic E-state index is -1.28. The number of hydrogen-bond acceptors (Lipinski definition) is 3. The third kappa shape index (κ3) is 5.64. The molecule has 174 valence electrons. The molecule has 4 rings (SSSR count). The lowest BCUT2D eigenvalue weighted by atomic mass is 9.91. The Hall–Kier alpha value is -1.40. The van der Waals surface area contributed by atoms with Crippen molar-refractivity contribution in [2.75, 3.05) is 11.4 Å². The summed E-state index contributed by atoms with van der Waals surface area (Å²) in [4.78, 5) is 3.19. The minimum Gasteiger partial charge on any atom is -0.593 e. The molecule has 1 N–H and O–H groups in total. The summed E-state index contributed by atoms with van der Waals surface area (Å²) >= 11 is 17.6. The van der Waals surface area contributed by atoms with Crippen LogP contribution >= 0.6 is 34.8 Å². The topological polar surface area (TPSA) is 38.3 Å². The summed E-state index contributed by atoms with van der Waals surface area (Å²) < 4.78 is 16.7. The van der Waals surface area contributed by atoms with Crippen LogP contribution in [0.15, 0.2) is 59.5 Å². The third-order valence-corrected chi connectivity index (χ3v) is 8.49. The van der Waals surface area contributed by atoms with E-state index in [2.05, 4.69) is 40.8 Å². The zero-order valence-electron chi connectivity index (χ0n) is 18.9. The first-order valence-electron chi connectivity index (χ1n) is 11.0. The van der Waals surface area contributed by atoms with Crippen LogP contribution in [0.1, 0.15) is 41.1 Å². The molecule has 0 aliphatic carbocycles. The van der Waals surface area contributed by atoms with Crippen molar-refractivity contribution in [3.05, 3.63) is 91.9 Å². The number of halogens is 3. The van der Waals surface area contributed by atoms with Gasteiger partial charge in [-0.2, -0.15) is 0 Å². The van der Waals surface area contributed by atoms with Gasteiger partial charge in [0.2, 0.25) is 0 Å². The maximum Gasteiger partial charge on any atom is 0.179 e. The van der Waals surface area contributed by atoms with Gasteiger partial charge in [0.15, 0.2) is 4.90 Å². The lowest BCUT2D eigenvalue weighted by molar-refractivity contribution is 0.394. The molecule has 0 radical (unpaired) electrons. The average molecular weight is 522 g/mol. The van der Waals surface area contributed by atoms with Gasteiger partial charge in [-0.15, -0.1) is 4.72 Å². The number of hydrogen-bond donors (Lipinski definition) is 1. The fourth-order valence-electron chi connectivity index (χ4n) is 4.75. The standard InChI is InChI=1S/C26H27Cl3N2OS/c1-16-12-17(2)26(18(3)13-16)33(32)30-22-10-11-31(24-9-8-21(28)14-23(24)29)25(15-22)19-4-6-20(27)7-5-19/h4-9,12-14,22,25,30H,10-11,15H2,1-3H3. The molecule has 1 heterocycles. The summed E-state index contributed by atoms with van der Waals surface area (Å²) in [6.07, 6.45) is 1.63. The molecule has 3 nitrogen and oxygen atoms in total. The van der Waals surface area contributed by atoms with Crippen LogP contribution in [0.2, 0.25) is 15.1 Å². The van der Waals surface area contributed by atoms with Crippen molar-refractivity contribution in [3.8, 4) is 0 Å². The largest absolute Gasteiger partial charge is 0.593 e. The van der Waals surface area contributed by atoms with Gasteiger partial charge in [-0.3, -0.25) is 0 Å². The monoisotopic (exact) mass is 520 g/mol. The van der Waals surface area contributed by atoms with Gasteiger partial charge < -0.3 is 9.45 Å². The predicted octanol–water partition coefficient (Wildman–Crippen LogP) is 7.59. The molecule has 3 unspecified atom stereocenters. The quantitative estimate of drug-likeness (QED) is 0.351. The van der Waals surface area contributed by atoms with Crippen molar-refractivity contribution in [1.29, 1.82) is 0 Å². The van der Waals surface area contributed by atoms with Gasteiger partial charge in [0.05, 0.1) is 34.2 Å². The van der Waals surface area contributed by atoms with Crippen LogP contribution in [0.5, 0.6) is 0 Å². The molecule has 1 aliphatic heterocycles. The van der Waals surface area contributed by atoms with Gasteiger partial charge in [-0.1, -0.05) is 64.6 Å². The van der Waals surface area contributed by atoms with Crippen molar-refractivity contribution in [2.45, 2.75) is 50.6 Å². The number of piperidine rings is 1. The zero-order chi connectivity index (χ0) is 23.7. The van der Waals surface area contributed by atoms with Gasteiger partial charge in [-0.05, 0) is 69.5 Å². The summed E-state index contributed by atoms with van der Waals surface area (Å²) in [6, 6.07) is 17.9. The van der Waals surface area contributed by atoms with Crippen LogP contribution in [-0.4, -0.2) is 17.1 Å². The summed E-state index contributed by atoms with van der Waals surface area (Å²) in [5.74, 6) is 0. The molecule has 1 saturated heterocycles. The number of nitrogens with one attached hydrogen (secondary N) is 1. The summed E-state index contributed by atoms with van der Waals surface area (Å²) in [6.45, 7) is 6.89. The Morgan fingerprint density at radius 2 is 1.55 bits per heavy atom. The van der Waals surface area contributed by atoms with Crippen LogP contribution in [0.3, 0.4) is 0 Å².